The summed E-state index contributed by atoms with van der Waals surface area (Å²) in [5.74, 6) is 0. The Labute approximate surface area is 76.4 Å². The number of benzene rings is 1. The van der Waals surface area contributed by atoms with Crippen molar-refractivity contribution in [3.63, 3.8) is 0 Å². The van der Waals surface area contributed by atoms with E-state index in [1.807, 2.05) is 0 Å². The summed E-state index contributed by atoms with van der Waals surface area (Å²) in [6.45, 7) is 0. The summed E-state index contributed by atoms with van der Waals surface area (Å²) in [6, 6.07) is 5.30. The molecule has 3 nitrogen and oxygen atoms in total. The molecule has 62 valence electrons. The van der Waals surface area contributed by atoms with Gasteiger partial charge in [0.25, 0.3) is 5.56 Å². The molecule has 0 bridgehead atoms. The van der Waals surface area contributed by atoms with Crippen molar-refractivity contribution < 1.29 is 0 Å². The van der Waals surface area contributed by atoms with Gasteiger partial charge < -0.3 is 4.57 Å². The Bertz CT molecular complexity index is 518. The fourth-order valence-electron chi connectivity index (χ4n) is 1.25. The summed E-state index contributed by atoms with van der Waals surface area (Å²) in [4.78, 5) is 15.2. The minimum atomic E-state index is -0.127. The predicted octanol–water partition coefficient (Wildman–Crippen LogP) is -0.273. The molecule has 0 saturated heterocycles. The smallest absolute Gasteiger partial charge is 0.269 e. The molecule has 0 spiro atoms. The second-order valence-corrected chi connectivity index (χ2v) is 2.90. The van der Waals surface area contributed by atoms with E-state index in [4.69, 9.17) is 7.85 Å². The lowest BCUT2D eigenvalue weighted by molar-refractivity contribution is 0.892. The largest absolute Gasteiger partial charge is 0.309 e. The first-order chi connectivity index (χ1) is 6.18. The third-order valence-corrected chi connectivity index (χ3v) is 2.01. The minimum Gasteiger partial charge on any atom is -0.309 e. The molecule has 13 heavy (non-hydrogen) atoms. The highest BCUT2D eigenvalue weighted by Gasteiger charge is 1.99. The molecular weight excluding hydrogens is 163 g/mol. The van der Waals surface area contributed by atoms with Crippen molar-refractivity contribution in [2.45, 2.75) is 0 Å². The fraction of sp³-hybridized carbons (Fsp3) is 0.111. The Morgan fingerprint density at radius 3 is 3.00 bits per heavy atom. The first-order valence-electron chi connectivity index (χ1n) is 3.90. The lowest BCUT2D eigenvalue weighted by Crippen LogP contribution is -2.18. The highest BCUT2D eigenvalue weighted by Crippen LogP contribution is 2.04. The highest BCUT2D eigenvalue weighted by atomic mass is 16.1. The van der Waals surface area contributed by atoms with Crippen molar-refractivity contribution in [2.75, 3.05) is 0 Å². The van der Waals surface area contributed by atoms with Crippen LogP contribution in [0.2, 0.25) is 0 Å². The molecule has 2 radical (unpaired) electrons. The predicted molar refractivity (Wildman–Crippen MR) is 52.4 cm³/mol. The maximum atomic E-state index is 11.2. The van der Waals surface area contributed by atoms with Crippen LogP contribution in [0.3, 0.4) is 0 Å². The summed E-state index contributed by atoms with van der Waals surface area (Å²) in [7, 11) is 7.30. The number of hydrogen-bond donors (Lipinski definition) is 0. The van der Waals surface area contributed by atoms with Gasteiger partial charge in [-0.1, -0.05) is 11.5 Å². The van der Waals surface area contributed by atoms with Crippen LogP contribution in [0.5, 0.6) is 0 Å². The van der Waals surface area contributed by atoms with Crippen LogP contribution in [-0.2, 0) is 7.05 Å². The van der Waals surface area contributed by atoms with Crippen LogP contribution >= 0.6 is 0 Å². The molecule has 0 amide bonds. The van der Waals surface area contributed by atoms with Crippen LogP contribution in [0.15, 0.2) is 29.2 Å². The van der Waals surface area contributed by atoms with Gasteiger partial charge in [0.05, 0.1) is 17.2 Å². The summed E-state index contributed by atoms with van der Waals surface area (Å²) in [5.41, 5.74) is 2.04. The van der Waals surface area contributed by atoms with Gasteiger partial charge in [-0.25, -0.2) is 4.98 Å². The molecule has 0 N–H and O–H groups in total. The van der Waals surface area contributed by atoms with Crippen LogP contribution < -0.4 is 11.0 Å². The SMILES string of the molecule is [B]c1ccc2ncc(=O)n(C)c2c1. The standard InChI is InChI=1S/C9H7BN2O/c1-12-8-4-6(10)2-3-7(8)11-5-9(12)13/h2-5H,1H3. The normalized spacial score (nSPS) is 10.5. The van der Waals surface area contributed by atoms with E-state index in [-0.39, 0.29) is 5.56 Å². The van der Waals surface area contributed by atoms with Crippen LogP contribution in [0.4, 0.5) is 0 Å². The number of aromatic nitrogens is 2. The Morgan fingerprint density at radius 1 is 1.46 bits per heavy atom. The summed E-state index contributed by atoms with van der Waals surface area (Å²) in [5, 5.41) is 0. The van der Waals surface area contributed by atoms with Gasteiger partial charge in [-0.3, -0.25) is 4.79 Å². The second kappa shape index (κ2) is 2.73. The van der Waals surface area contributed by atoms with E-state index in [9.17, 15) is 4.79 Å². The second-order valence-electron chi connectivity index (χ2n) is 2.90. The molecule has 0 aliphatic heterocycles. The zero-order chi connectivity index (χ0) is 9.42. The molecule has 0 saturated carbocycles. The van der Waals surface area contributed by atoms with E-state index in [0.717, 1.165) is 11.0 Å². The van der Waals surface area contributed by atoms with Crippen molar-refractivity contribution in [3.8, 4) is 0 Å². The van der Waals surface area contributed by atoms with Gasteiger partial charge >= 0.3 is 0 Å². The molecule has 0 aliphatic rings. The number of rotatable bonds is 0. The van der Waals surface area contributed by atoms with Crippen LogP contribution in [-0.4, -0.2) is 17.4 Å². The lowest BCUT2D eigenvalue weighted by atomic mass is 9.96. The molecular formula is C9H7BN2O. The van der Waals surface area contributed by atoms with E-state index in [2.05, 4.69) is 4.98 Å². The molecule has 1 heterocycles. The van der Waals surface area contributed by atoms with E-state index in [1.165, 1.54) is 10.8 Å². The molecule has 1 aromatic carbocycles. The molecule has 0 atom stereocenters. The average Bonchev–Trinajstić information content (AvgIpc) is 2.12. The van der Waals surface area contributed by atoms with Gasteiger partial charge in [-0.05, 0) is 12.1 Å². The Balaban J connectivity index is 2.97. The molecule has 0 aliphatic carbocycles. The van der Waals surface area contributed by atoms with Gasteiger partial charge in [0.1, 0.15) is 7.85 Å². The quantitative estimate of drug-likeness (QED) is 0.510. The van der Waals surface area contributed by atoms with Gasteiger partial charge in [-0.2, -0.15) is 0 Å². The lowest BCUT2D eigenvalue weighted by Gasteiger charge is -2.03. The Morgan fingerprint density at radius 2 is 2.23 bits per heavy atom. The number of hydrogen-bond acceptors (Lipinski definition) is 2. The van der Waals surface area contributed by atoms with Crippen molar-refractivity contribution >= 4 is 24.3 Å². The number of aryl methyl sites for hydroxylation is 1. The monoisotopic (exact) mass is 170 g/mol. The van der Waals surface area contributed by atoms with Gasteiger partial charge in [0.2, 0.25) is 0 Å². The van der Waals surface area contributed by atoms with Crippen LogP contribution in [0.1, 0.15) is 0 Å². The summed E-state index contributed by atoms with van der Waals surface area (Å²) >= 11 is 0. The van der Waals surface area contributed by atoms with Crippen molar-refractivity contribution in [1.82, 2.24) is 9.55 Å². The maximum absolute atomic E-state index is 11.2. The maximum Gasteiger partial charge on any atom is 0.269 e. The van der Waals surface area contributed by atoms with E-state index in [1.54, 1.807) is 25.2 Å². The van der Waals surface area contributed by atoms with Gasteiger partial charge in [0.15, 0.2) is 0 Å². The van der Waals surface area contributed by atoms with Gasteiger partial charge in [-0.15, -0.1) is 0 Å². The zero-order valence-corrected chi connectivity index (χ0v) is 7.19. The highest BCUT2D eigenvalue weighted by molar-refractivity contribution is 6.33. The van der Waals surface area contributed by atoms with Crippen molar-refractivity contribution in [1.29, 1.82) is 0 Å². The van der Waals surface area contributed by atoms with Gasteiger partial charge in [0, 0.05) is 7.05 Å². The van der Waals surface area contributed by atoms with Crippen molar-refractivity contribution in [3.05, 3.63) is 34.7 Å². The zero-order valence-electron chi connectivity index (χ0n) is 7.19. The molecule has 0 fully saturated rings. The first-order valence-corrected chi connectivity index (χ1v) is 3.90. The average molecular weight is 170 g/mol. The van der Waals surface area contributed by atoms with E-state index < -0.39 is 0 Å². The summed E-state index contributed by atoms with van der Waals surface area (Å²) < 4.78 is 1.53. The number of fused-ring (bicyclic) bond motifs is 1. The third-order valence-electron chi connectivity index (χ3n) is 2.01. The topological polar surface area (TPSA) is 34.9 Å². The Kier molecular flexibility index (Phi) is 1.69. The molecule has 2 rings (SSSR count). The first kappa shape index (κ1) is 8.04. The minimum absolute atomic E-state index is 0.127. The molecule has 1 aromatic heterocycles. The van der Waals surface area contributed by atoms with Crippen molar-refractivity contribution in [2.24, 2.45) is 7.05 Å². The van der Waals surface area contributed by atoms with E-state index in [0.29, 0.717) is 5.46 Å². The molecule has 2 aromatic rings. The third kappa shape index (κ3) is 1.24. The number of nitrogens with zero attached hydrogens (tertiary/aromatic N) is 2. The van der Waals surface area contributed by atoms with E-state index >= 15 is 0 Å². The summed E-state index contributed by atoms with van der Waals surface area (Å²) in [6.07, 6.45) is 1.30. The fourth-order valence-corrected chi connectivity index (χ4v) is 1.25. The molecule has 4 heteroatoms. The van der Waals surface area contributed by atoms with Crippen LogP contribution in [0.25, 0.3) is 11.0 Å². The molecule has 0 unspecified atom stereocenters. The Hall–Kier alpha value is -1.58. The van der Waals surface area contributed by atoms with Crippen LogP contribution in [0, 0.1) is 0 Å².